The quantitative estimate of drug-likeness (QED) is 0.547. The molecule has 9 heteroatoms. The molecule has 0 heterocycles. The van der Waals surface area contributed by atoms with Crippen molar-refractivity contribution in [2.45, 2.75) is 11.8 Å². The average molecular weight is 408 g/mol. The van der Waals surface area contributed by atoms with E-state index in [0.29, 0.717) is 23.9 Å². The molecule has 0 saturated heterocycles. The largest absolute Gasteiger partial charge is 0.497 e. The molecule has 0 atom stereocenters. The zero-order chi connectivity index (χ0) is 20.4. The van der Waals surface area contributed by atoms with E-state index >= 15 is 0 Å². The minimum absolute atomic E-state index is 0.0512. The lowest BCUT2D eigenvalue weighted by molar-refractivity contribution is -0.123. The number of carbonyl (C=O) groups excluding carboxylic acids is 1. The van der Waals surface area contributed by atoms with Crippen molar-refractivity contribution >= 4 is 15.9 Å². The Morgan fingerprint density at radius 3 is 2.21 bits per heavy atom. The average Bonchev–Trinajstić information content (AvgIpc) is 2.71. The van der Waals surface area contributed by atoms with Crippen molar-refractivity contribution in [3.8, 4) is 17.2 Å². The SMILES string of the molecule is CCOc1ccccc1OCC(=O)NCCNS(=O)(=O)c1ccc(OC)cc1. The molecule has 28 heavy (non-hydrogen) atoms. The summed E-state index contributed by atoms with van der Waals surface area (Å²) in [6.45, 7) is 2.33. The summed E-state index contributed by atoms with van der Waals surface area (Å²) in [6.07, 6.45) is 0. The first kappa shape index (κ1) is 21.5. The minimum Gasteiger partial charge on any atom is -0.497 e. The summed E-state index contributed by atoms with van der Waals surface area (Å²) in [6, 6.07) is 13.1. The van der Waals surface area contributed by atoms with Gasteiger partial charge in [0, 0.05) is 13.1 Å². The monoisotopic (exact) mass is 408 g/mol. The van der Waals surface area contributed by atoms with Crippen LogP contribution in [0.15, 0.2) is 53.4 Å². The lowest BCUT2D eigenvalue weighted by atomic mass is 10.3. The number of methoxy groups -OCH3 is 1. The van der Waals surface area contributed by atoms with E-state index in [-0.39, 0.29) is 30.5 Å². The molecule has 0 radical (unpaired) electrons. The van der Waals surface area contributed by atoms with Crippen LogP contribution < -0.4 is 24.2 Å². The topological polar surface area (TPSA) is 103 Å². The molecular formula is C19H24N2O6S. The maximum absolute atomic E-state index is 12.2. The van der Waals surface area contributed by atoms with Crippen molar-refractivity contribution in [1.29, 1.82) is 0 Å². The molecule has 2 aromatic carbocycles. The minimum atomic E-state index is -3.66. The van der Waals surface area contributed by atoms with Crippen LogP contribution in [-0.2, 0) is 14.8 Å². The number of carbonyl (C=O) groups is 1. The van der Waals surface area contributed by atoms with E-state index in [1.807, 2.05) is 13.0 Å². The number of hydrogen-bond acceptors (Lipinski definition) is 6. The van der Waals surface area contributed by atoms with Crippen LogP contribution in [-0.4, -0.2) is 47.7 Å². The highest BCUT2D eigenvalue weighted by atomic mass is 32.2. The number of rotatable bonds is 11. The second-order valence-electron chi connectivity index (χ2n) is 5.59. The van der Waals surface area contributed by atoms with Crippen molar-refractivity contribution in [3.05, 3.63) is 48.5 Å². The number of amides is 1. The third-order valence-corrected chi connectivity index (χ3v) is 5.09. The fourth-order valence-corrected chi connectivity index (χ4v) is 3.30. The molecule has 2 N–H and O–H groups in total. The molecule has 2 aromatic rings. The highest BCUT2D eigenvalue weighted by molar-refractivity contribution is 7.89. The number of ether oxygens (including phenoxy) is 3. The predicted molar refractivity (Wildman–Crippen MR) is 104 cm³/mol. The van der Waals surface area contributed by atoms with Gasteiger partial charge in [-0.05, 0) is 43.3 Å². The molecule has 0 bridgehead atoms. The van der Waals surface area contributed by atoms with E-state index in [4.69, 9.17) is 14.2 Å². The van der Waals surface area contributed by atoms with E-state index in [9.17, 15) is 13.2 Å². The molecule has 0 aromatic heterocycles. The Labute approximate surface area is 164 Å². The predicted octanol–water partition coefficient (Wildman–Crippen LogP) is 1.57. The normalized spacial score (nSPS) is 10.9. The summed E-state index contributed by atoms with van der Waals surface area (Å²) in [7, 11) is -2.15. The number of hydrogen-bond donors (Lipinski definition) is 2. The molecule has 8 nitrogen and oxygen atoms in total. The summed E-state index contributed by atoms with van der Waals surface area (Å²) in [4.78, 5) is 12.0. The van der Waals surface area contributed by atoms with E-state index < -0.39 is 10.0 Å². The molecule has 1 amide bonds. The van der Waals surface area contributed by atoms with Gasteiger partial charge in [-0.15, -0.1) is 0 Å². The van der Waals surface area contributed by atoms with Crippen molar-refractivity contribution in [2.24, 2.45) is 0 Å². The third kappa shape index (κ3) is 6.43. The van der Waals surface area contributed by atoms with Gasteiger partial charge < -0.3 is 19.5 Å². The zero-order valence-electron chi connectivity index (χ0n) is 15.8. The first-order valence-corrected chi connectivity index (χ1v) is 10.2. The van der Waals surface area contributed by atoms with Crippen LogP contribution in [0.5, 0.6) is 17.2 Å². The molecule has 0 aliphatic rings. The lowest BCUT2D eigenvalue weighted by Gasteiger charge is -2.12. The zero-order valence-corrected chi connectivity index (χ0v) is 16.6. The summed E-state index contributed by atoms with van der Waals surface area (Å²) < 4.78 is 42.7. The van der Waals surface area contributed by atoms with Gasteiger partial charge in [0.2, 0.25) is 10.0 Å². The lowest BCUT2D eigenvalue weighted by Crippen LogP contribution is -2.36. The summed E-state index contributed by atoms with van der Waals surface area (Å²) in [5, 5.41) is 2.59. The number of nitrogens with one attached hydrogen (secondary N) is 2. The van der Waals surface area contributed by atoms with Crippen LogP contribution in [0.4, 0.5) is 0 Å². The summed E-state index contributed by atoms with van der Waals surface area (Å²) in [5.74, 6) is 1.23. The second-order valence-corrected chi connectivity index (χ2v) is 7.36. The van der Waals surface area contributed by atoms with Gasteiger partial charge in [0.05, 0.1) is 18.6 Å². The number of para-hydroxylation sites is 2. The molecule has 0 unspecified atom stereocenters. The van der Waals surface area contributed by atoms with E-state index in [1.54, 1.807) is 30.3 Å². The van der Waals surface area contributed by atoms with E-state index in [0.717, 1.165) is 0 Å². The standard InChI is InChI=1S/C19H24N2O6S/c1-3-26-17-6-4-5-7-18(17)27-14-19(22)20-12-13-21-28(23,24)16-10-8-15(25-2)9-11-16/h4-11,21H,3,12-14H2,1-2H3,(H,20,22). The molecule has 0 aliphatic heterocycles. The van der Waals surface area contributed by atoms with Crippen LogP contribution in [0.3, 0.4) is 0 Å². The maximum Gasteiger partial charge on any atom is 0.257 e. The van der Waals surface area contributed by atoms with Gasteiger partial charge in [0.25, 0.3) is 5.91 Å². The van der Waals surface area contributed by atoms with Gasteiger partial charge in [-0.3, -0.25) is 4.79 Å². The van der Waals surface area contributed by atoms with Gasteiger partial charge in [0.1, 0.15) is 5.75 Å². The van der Waals surface area contributed by atoms with Crippen molar-refractivity contribution in [2.75, 3.05) is 33.4 Å². The number of sulfonamides is 1. The molecule has 0 spiro atoms. The second kappa shape index (κ2) is 10.5. The highest BCUT2D eigenvalue weighted by Gasteiger charge is 2.13. The van der Waals surface area contributed by atoms with Crippen LogP contribution in [0.25, 0.3) is 0 Å². The Kier molecular flexibility index (Phi) is 8.09. The fraction of sp³-hybridized carbons (Fsp3) is 0.316. The van der Waals surface area contributed by atoms with Crippen LogP contribution in [0.2, 0.25) is 0 Å². The van der Waals surface area contributed by atoms with Crippen LogP contribution in [0, 0.1) is 0 Å². The fourth-order valence-electron chi connectivity index (χ4n) is 2.26. The number of benzene rings is 2. The van der Waals surface area contributed by atoms with E-state index in [1.165, 1.54) is 19.2 Å². The van der Waals surface area contributed by atoms with Gasteiger partial charge >= 0.3 is 0 Å². The molecule has 2 rings (SSSR count). The molecule has 0 fully saturated rings. The first-order chi connectivity index (χ1) is 13.5. The van der Waals surface area contributed by atoms with Gasteiger partial charge in [-0.2, -0.15) is 0 Å². The smallest absolute Gasteiger partial charge is 0.257 e. The van der Waals surface area contributed by atoms with Crippen LogP contribution >= 0.6 is 0 Å². The van der Waals surface area contributed by atoms with Crippen molar-refractivity contribution < 1.29 is 27.4 Å². The first-order valence-electron chi connectivity index (χ1n) is 8.71. The van der Waals surface area contributed by atoms with Gasteiger partial charge in [-0.25, -0.2) is 13.1 Å². The Balaban J connectivity index is 1.74. The Morgan fingerprint density at radius 2 is 1.61 bits per heavy atom. The molecular weight excluding hydrogens is 384 g/mol. The maximum atomic E-state index is 12.2. The van der Waals surface area contributed by atoms with Crippen molar-refractivity contribution in [3.63, 3.8) is 0 Å². The van der Waals surface area contributed by atoms with Crippen molar-refractivity contribution in [1.82, 2.24) is 10.0 Å². The molecule has 0 aliphatic carbocycles. The Hall–Kier alpha value is -2.78. The highest BCUT2D eigenvalue weighted by Crippen LogP contribution is 2.26. The molecule has 0 saturated carbocycles. The van der Waals surface area contributed by atoms with E-state index in [2.05, 4.69) is 10.0 Å². The van der Waals surface area contributed by atoms with Gasteiger partial charge in [-0.1, -0.05) is 12.1 Å². The summed E-state index contributed by atoms with van der Waals surface area (Å²) >= 11 is 0. The third-order valence-electron chi connectivity index (χ3n) is 3.62. The Bertz CT molecular complexity index is 868. The Morgan fingerprint density at radius 1 is 0.964 bits per heavy atom. The molecule has 152 valence electrons. The van der Waals surface area contributed by atoms with Gasteiger partial charge in [0.15, 0.2) is 18.1 Å². The van der Waals surface area contributed by atoms with Crippen LogP contribution in [0.1, 0.15) is 6.92 Å². The summed E-state index contributed by atoms with van der Waals surface area (Å²) in [5.41, 5.74) is 0.